The molecule has 13 heteroatoms. The zero-order valence-corrected chi connectivity index (χ0v) is 21.5. The highest BCUT2D eigenvalue weighted by Crippen LogP contribution is 2.27. The van der Waals surface area contributed by atoms with Crippen molar-refractivity contribution in [1.82, 2.24) is 20.3 Å². The first-order valence-electron chi connectivity index (χ1n) is 10.8. The molecule has 186 valence electrons. The molecule has 2 aromatic carbocycles. The lowest BCUT2D eigenvalue weighted by atomic mass is 10.2. The molecule has 0 saturated carbocycles. The average molecular weight is 545 g/mol. The summed E-state index contributed by atoms with van der Waals surface area (Å²) in [5, 5.41) is 18.5. The zero-order chi connectivity index (χ0) is 25.3. The number of methoxy groups -OCH3 is 1. The molecule has 4 aromatic rings. The van der Waals surface area contributed by atoms with Gasteiger partial charge in [0.05, 0.1) is 12.8 Å². The third kappa shape index (κ3) is 7.26. The van der Waals surface area contributed by atoms with Gasteiger partial charge >= 0.3 is 0 Å². The molecule has 0 fully saturated rings. The second-order valence-electron chi connectivity index (χ2n) is 7.29. The van der Waals surface area contributed by atoms with Gasteiger partial charge in [-0.1, -0.05) is 52.0 Å². The van der Waals surface area contributed by atoms with E-state index in [4.69, 9.17) is 20.9 Å². The highest BCUT2D eigenvalue weighted by atomic mass is 35.5. The molecule has 0 aliphatic rings. The number of aromatic nitrogens is 4. The summed E-state index contributed by atoms with van der Waals surface area (Å²) in [7, 11) is 1.55. The van der Waals surface area contributed by atoms with Crippen molar-refractivity contribution in [2.75, 3.05) is 23.5 Å². The number of ether oxygens (including phenoxy) is 1. The van der Waals surface area contributed by atoms with E-state index < -0.39 is 0 Å². The van der Waals surface area contributed by atoms with E-state index in [9.17, 15) is 9.59 Å². The van der Waals surface area contributed by atoms with Crippen molar-refractivity contribution >= 4 is 57.3 Å². The molecular formula is C23H21ClN6O4S2. The van der Waals surface area contributed by atoms with Gasteiger partial charge < -0.3 is 19.9 Å². The Kier molecular flexibility index (Phi) is 8.87. The minimum atomic E-state index is -0.245. The average Bonchev–Trinajstić information content (AvgIpc) is 3.53. The second kappa shape index (κ2) is 12.5. The highest BCUT2D eigenvalue weighted by Gasteiger charge is 2.13. The highest BCUT2D eigenvalue weighted by molar-refractivity contribution is 8.01. The molecule has 0 spiro atoms. The molecule has 0 aliphatic carbocycles. The van der Waals surface area contributed by atoms with E-state index >= 15 is 0 Å². The van der Waals surface area contributed by atoms with Gasteiger partial charge in [-0.2, -0.15) is 4.98 Å². The maximum atomic E-state index is 12.3. The Labute approximate surface area is 219 Å². The summed E-state index contributed by atoms with van der Waals surface area (Å²) < 4.78 is 11.1. The van der Waals surface area contributed by atoms with Crippen LogP contribution in [0.25, 0.3) is 11.4 Å². The predicted molar refractivity (Wildman–Crippen MR) is 139 cm³/mol. The fraction of sp³-hybridized carbons (Fsp3) is 0.217. The first kappa shape index (κ1) is 25.6. The molecule has 0 atom stereocenters. The predicted octanol–water partition coefficient (Wildman–Crippen LogP) is 4.94. The van der Waals surface area contributed by atoms with Gasteiger partial charge in [0.2, 0.25) is 28.7 Å². The van der Waals surface area contributed by atoms with Crippen molar-refractivity contribution in [3.8, 4) is 17.1 Å². The van der Waals surface area contributed by atoms with Crippen LogP contribution in [0.4, 0.5) is 10.8 Å². The quantitative estimate of drug-likeness (QED) is 0.199. The third-order valence-electron chi connectivity index (χ3n) is 4.72. The lowest BCUT2D eigenvalue weighted by molar-refractivity contribution is -0.116. The molecule has 2 heterocycles. The number of carbonyl (C=O) groups excluding carboxylic acids is 2. The number of carbonyl (C=O) groups is 2. The molecule has 10 nitrogen and oxygen atoms in total. The van der Waals surface area contributed by atoms with E-state index in [1.165, 1.54) is 23.1 Å². The minimum Gasteiger partial charge on any atom is -0.495 e. The number of halogens is 1. The minimum absolute atomic E-state index is 0.134. The Bertz CT molecular complexity index is 1330. The van der Waals surface area contributed by atoms with E-state index in [1.54, 1.807) is 43.5 Å². The van der Waals surface area contributed by atoms with E-state index in [1.807, 2.05) is 12.1 Å². The van der Waals surface area contributed by atoms with Crippen LogP contribution >= 0.6 is 34.7 Å². The number of anilines is 2. The number of para-hydroxylation sites is 2. The standard InChI is InChI=1S/C23H21ClN6O4S2/c1-33-17-5-3-2-4-16(17)25-19(32)12-13-35-23-29-28-22(36-23)26-18(31)10-11-20-27-21(30-34-20)14-6-8-15(24)9-7-14/h2-9H,10-13H2,1H3,(H,25,32)(H,26,28,31). The summed E-state index contributed by atoms with van der Waals surface area (Å²) in [6.45, 7) is 0. The summed E-state index contributed by atoms with van der Waals surface area (Å²) in [5.74, 6) is 1.52. The molecule has 2 amide bonds. The van der Waals surface area contributed by atoms with E-state index in [0.29, 0.717) is 43.4 Å². The molecule has 0 unspecified atom stereocenters. The number of hydrogen-bond acceptors (Lipinski definition) is 10. The maximum absolute atomic E-state index is 12.3. The Morgan fingerprint density at radius 2 is 1.83 bits per heavy atom. The van der Waals surface area contributed by atoms with Gasteiger partial charge in [0, 0.05) is 35.6 Å². The third-order valence-corrected chi connectivity index (χ3v) is 6.95. The molecule has 4 rings (SSSR count). The number of benzene rings is 2. The summed E-state index contributed by atoms with van der Waals surface area (Å²) in [5.41, 5.74) is 1.40. The van der Waals surface area contributed by atoms with Crippen LogP contribution in [0, 0.1) is 0 Å². The molecule has 0 bridgehead atoms. The lowest BCUT2D eigenvalue weighted by Crippen LogP contribution is -2.12. The van der Waals surface area contributed by atoms with Crippen LogP contribution in [0.3, 0.4) is 0 Å². The summed E-state index contributed by atoms with van der Waals surface area (Å²) in [4.78, 5) is 28.8. The molecule has 36 heavy (non-hydrogen) atoms. The number of nitrogens with one attached hydrogen (secondary N) is 2. The van der Waals surface area contributed by atoms with E-state index in [-0.39, 0.29) is 31.1 Å². The van der Waals surface area contributed by atoms with Crippen molar-refractivity contribution < 1.29 is 18.8 Å². The Morgan fingerprint density at radius 3 is 2.64 bits per heavy atom. The van der Waals surface area contributed by atoms with Crippen LogP contribution in [0.1, 0.15) is 18.7 Å². The molecule has 2 aromatic heterocycles. The molecule has 2 N–H and O–H groups in total. The van der Waals surface area contributed by atoms with Gasteiger partial charge in [0.25, 0.3) is 0 Å². The Morgan fingerprint density at radius 1 is 1.06 bits per heavy atom. The molecule has 0 radical (unpaired) electrons. The largest absolute Gasteiger partial charge is 0.495 e. The van der Waals surface area contributed by atoms with E-state index in [2.05, 4.69) is 31.0 Å². The summed E-state index contributed by atoms with van der Waals surface area (Å²) >= 11 is 8.52. The number of aryl methyl sites for hydroxylation is 1. The number of rotatable bonds is 11. The van der Waals surface area contributed by atoms with Crippen LogP contribution in [0.15, 0.2) is 57.4 Å². The van der Waals surface area contributed by atoms with Gasteiger partial charge in [-0.05, 0) is 36.4 Å². The van der Waals surface area contributed by atoms with Gasteiger partial charge in [0.15, 0.2) is 4.34 Å². The fourth-order valence-corrected chi connectivity index (χ4v) is 4.89. The van der Waals surface area contributed by atoms with Gasteiger partial charge in [-0.15, -0.1) is 10.2 Å². The monoisotopic (exact) mass is 544 g/mol. The van der Waals surface area contributed by atoms with Gasteiger partial charge in [-0.25, -0.2) is 0 Å². The first-order valence-corrected chi connectivity index (χ1v) is 13.0. The van der Waals surface area contributed by atoms with Crippen molar-refractivity contribution in [1.29, 1.82) is 0 Å². The van der Waals surface area contributed by atoms with Crippen LogP contribution in [-0.4, -0.2) is 45.0 Å². The smallest absolute Gasteiger partial charge is 0.227 e. The van der Waals surface area contributed by atoms with Crippen molar-refractivity contribution in [2.45, 2.75) is 23.6 Å². The number of thioether (sulfide) groups is 1. The Balaban J connectivity index is 1.18. The van der Waals surface area contributed by atoms with Crippen molar-refractivity contribution in [3.63, 3.8) is 0 Å². The topological polar surface area (TPSA) is 132 Å². The lowest BCUT2D eigenvalue weighted by Gasteiger charge is -2.09. The summed E-state index contributed by atoms with van der Waals surface area (Å²) in [6.07, 6.45) is 0.716. The number of hydrogen-bond donors (Lipinski definition) is 2. The van der Waals surface area contributed by atoms with Crippen LogP contribution in [-0.2, 0) is 16.0 Å². The van der Waals surface area contributed by atoms with Crippen LogP contribution in [0.2, 0.25) is 5.02 Å². The second-order valence-corrected chi connectivity index (χ2v) is 10.0. The van der Waals surface area contributed by atoms with Gasteiger partial charge in [0.1, 0.15) is 5.75 Å². The van der Waals surface area contributed by atoms with Crippen molar-refractivity contribution in [2.24, 2.45) is 0 Å². The zero-order valence-electron chi connectivity index (χ0n) is 19.1. The molecule has 0 aliphatic heterocycles. The van der Waals surface area contributed by atoms with Crippen molar-refractivity contribution in [3.05, 3.63) is 59.4 Å². The van der Waals surface area contributed by atoms with Crippen LogP contribution in [0.5, 0.6) is 5.75 Å². The first-order chi connectivity index (χ1) is 17.5. The maximum Gasteiger partial charge on any atom is 0.227 e. The molecular weight excluding hydrogens is 524 g/mol. The normalized spacial score (nSPS) is 10.7. The molecule has 0 saturated heterocycles. The van der Waals surface area contributed by atoms with Gasteiger partial charge in [-0.3, -0.25) is 9.59 Å². The fourth-order valence-electron chi connectivity index (χ4n) is 2.99. The number of amides is 2. The SMILES string of the molecule is COc1ccccc1NC(=O)CCSc1nnc(NC(=O)CCc2nc(-c3ccc(Cl)cc3)no2)s1. The van der Waals surface area contributed by atoms with Crippen LogP contribution < -0.4 is 15.4 Å². The number of nitrogens with zero attached hydrogens (tertiary/aromatic N) is 4. The Hall–Kier alpha value is -3.48. The van der Waals surface area contributed by atoms with E-state index in [0.717, 1.165) is 5.56 Å². The summed E-state index contributed by atoms with van der Waals surface area (Å²) in [6, 6.07) is 14.3.